The van der Waals surface area contributed by atoms with E-state index in [9.17, 15) is 9.59 Å². The first-order valence-electron chi connectivity index (χ1n) is 7.47. The fourth-order valence-electron chi connectivity index (χ4n) is 2.91. The molecule has 2 atom stereocenters. The summed E-state index contributed by atoms with van der Waals surface area (Å²) in [7, 11) is 0. The number of hydrogen-bond acceptors (Lipinski definition) is 3. The van der Waals surface area contributed by atoms with Crippen LogP contribution in [0.1, 0.15) is 32.6 Å². The van der Waals surface area contributed by atoms with Gasteiger partial charge in [-0.25, -0.2) is 4.79 Å². The summed E-state index contributed by atoms with van der Waals surface area (Å²) < 4.78 is 5.58. The molecule has 2 aliphatic rings. The summed E-state index contributed by atoms with van der Waals surface area (Å²) >= 11 is 0. The lowest BCUT2D eigenvalue weighted by atomic mass is 10.0. The zero-order valence-corrected chi connectivity index (χ0v) is 12.1. The zero-order chi connectivity index (χ0) is 14.5. The van der Waals surface area contributed by atoms with Gasteiger partial charge in [-0.05, 0) is 25.2 Å². The SMILES string of the molecule is CCC1CN(C(=O)N2CCC(CCC(=O)O)C2)CCO1. The van der Waals surface area contributed by atoms with Crippen LogP contribution < -0.4 is 0 Å². The summed E-state index contributed by atoms with van der Waals surface area (Å²) in [6, 6.07) is 0.0876. The Morgan fingerprint density at radius 3 is 2.70 bits per heavy atom. The largest absolute Gasteiger partial charge is 0.481 e. The standard InChI is InChI=1S/C14H24N2O4/c1-2-12-10-16(7-8-20-12)14(19)15-6-5-11(9-15)3-4-13(17)18/h11-12H,2-10H2,1H3,(H,17,18). The van der Waals surface area contributed by atoms with Crippen LogP contribution in [0.3, 0.4) is 0 Å². The Bertz CT molecular complexity index is 361. The number of rotatable bonds is 4. The van der Waals surface area contributed by atoms with Crippen LogP contribution in [0.4, 0.5) is 4.79 Å². The number of carbonyl (C=O) groups excluding carboxylic acids is 1. The van der Waals surface area contributed by atoms with Gasteiger partial charge < -0.3 is 19.6 Å². The van der Waals surface area contributed by atoms with Gasteiger partial charge in [0.15, 0.2) is 0 Å². The summed E-state index contributed by atoms with van der Waals surface area (Å²) in [6.45, 7) is 5.45. The highest BCUT2D eigenvalue weighted by molar-refractivity contribution is 5.75. The number of hydrogen-bond donors (Lipinski definition) is 1. The van der Waals surface area contributed by atoms with Gasteiger partial charge in [0, 0.05) is 32.6 Å². The number of likely N-dealkylation sites (tertiary alicyclic amines) is 1. The molecule has 0 saturated carbocycles. The fraction of sp³-hybridized carbons (Fsp3) is 0.857. The zero-order valence-electron chi connectivity index (χ0n) is 12.1. The van der Waals surface area contributed by atoms with Gasteiger partial charge in [0.2, 0.25) is 0 Å². The van der Waals surface area contributed by atoms with Gasteiger partial charge in [-0.1, -0.05) is 6.92 Å². The molecule has 20 heavy (non-hydrogen) atoms. The van der Waals surface area contributed by atoms with E-state index < -0.39 is 5.97 Å². The Morgan fingerprint density at radius 2 is 2.00 bits per heavy atom. The molecule has 0 spiro atoms. The smallest absolute Gasteiger partial charge is 0.320 e. The van der Waals surface area contributed by atoms with Gasteiger partial charge in [0.05, 0.1) is 12.7 Å². The Labute approximate surface area is 119 Å². The molecule has 2 unspecified atom stereocenters. The lowest BCUT2D eigenvalue weighted by molar-refractivity contribution is -0.137. The van der Waals surface area contributed by atoms with E-state index in [1.807, 2.05) is 9.80 Å². The van der Waals surface area contributed by atoms with Crippen molar-refractivity contribution in [3.63, 3.8) is 0 Å². The first-order chi connectivity index (χ1) is 9.60. The lowest BCUT2D eigenvalue weighted by Crippen LogP contribution is -2.50. The van der Waals surface area contributed by atoms with E-state index in [2.05, 4.69) is 6.92 Å². The van der Waals surface area contributed by atoms with Crippen molar-refractivity contribution in [2.24, 2.45) is 5.92 Å². The molecule has 0 aromatic carbocycles. The normalized spacial score (nSPS) is 26.9. The van der Waals surface area contributed by atoms with Gasteiger partial charge >= 0.3 is 12.0 Å². The van der Waals surface area contributed by atoms with Crippen LogP contribution in [-0.2, 0) is 9.53 Å². The molecule has 6 nitrogen and oxygen atoms in total. The predicted octanol–water partition coefficient (Wildman–Crippen LogP) is 1.40. The average molecular weight is 284 g/mol. The summed E-state index contributed by atoms with van der Waals surface area (Å²) in [5.74, 6) is -0.424. The molecule has 0 bridgehead atoms. The maximum atomic E-state index is 12.4. The topological polar surface area (TPSA) is 70.1 Å². The molecule has 2 saturated heterocycles. The first kappa shape index (κ1) is 15.1. The quantitative estimate of drug-likeness (QED) is 0.847. The van der Waals surface area contributed by atoms with E-state index >= 15 is 0 Å². The molecule has 2 amide bonds. The molecule has 2 heterocycles. The van der Waals surface area contributed by atoms with Gasteiger partial charge in [0.25, 0.3) is 0 Å². The van der Waals surface area contributed by atoms with Crippen molar-refractivity contribution in [1.82, 2.24) is 9.80 Å². The molecule has 0 aromatic rings. The number of urea groups is 1. The number of nitrogens with zero attached hydrogens (tertiary/aromatic N) is 2. The van der Waals surface area contributed by atoms with Crippen molar-refractivity contribution in [2.45, 2.75) is 38.7 Å². The number of amides is 2. The summed E-state index contributed by atoms with van der Waals surface area (Å²) in [5.41, 5.74) is 0. The molecule has 1 N–H and O–H groups in total. The number of carboxylic acids is 1. The Morgan fingerprint density at radius 1 is 1.25 bits per heavy atom. The molecule has 2 aliphatic heterocycles. The van der Waals surface area contributed by atoms with Crippen LogP contribution >= 0.6 is 0 Å². The predicted molar refractivity (Wildman–Crippen MR) is 73.5 cm³/mol. The van der Waals surface area contributed by atoms with E-state index in [-0.39, 0.29) is 18.6 Å². The van der Waals surface area contributed by atoms with Crippen LogP contribution in [-0.4, -0.2) is 65.8 Å². The highest BCUT2D eigenvalue weighted by atomic mass is 16.5. The first-order valence-corrected chi connectivity index (χ1v) is 7.47. The summed E-state index contributed by atoms with van der Waals surface area (Å²) in [6.07, 6.45) is 2.85. The molecule has 114 valence electrons. The highest BCUT2D eigenvalue weighted by Crippen LogP contribution is 2.23. The maximum Gasteiger partial charge on any atom is 0.320 e. The van der Waals surface area contributed by atoms with Crippen molar-refractivity contribution < 1.29 is 19.4 Å². The second-order valence-electron chi connectivity index (χ2n) is 5.66. The van der Waals surface area contributed by atoms with Gasteiger partial charge in [-0.2, -0.15) is 0 Å². The Kier molecular flexibility index (Phi) is 5.23. The highest BCUT2D eigenvalue weighted by Gasteiger charge is 2.31. The van der Waals surface area contributed by atoms with Gasteiger partial charge in [0.1, 0.15) is 0 Å². The van der Waals surface area contributed by atoms with Crippen molar-refractivity contribution in [2.75, 3.05) is 32.8 Å². The minimum Gasteiger partial charge on any atom is -0.481 e. The van der Waals surface area contributed by atoms with E-state index in [1.165, 1.54) is 0 Å². The van der Waals surface area contributed by atoms with Crippen LogP contribution in [0.5, 0.6) is 0 Å². The van der Waals surface area contributed by atoms with Crippen molar-refractivity contribution in [3.05, 3.63) is 0 Å². The number of carboxylic acid groups (broad SMARTS) is 1. The van der Waals surface area contributed by atoms with Gasteiger partial charge in [-0.15, -0.1) is 0 Å². The number of morpholine rings is 1. The van der Waals surface area contributed by atoms with E-state index in [1.54, 1.807) is 0 Å². The monoisotopic (exact) mass is 284 g/mol. The Balaban J connectivity index is 1.80. The van der Waals surface area contributed by atoms with E-state index in [4.69, 9.17) is 9.84 Å². The number of aliphatic carboxylic acids is 1. The number of carbonyl (C=O) groups is 2. The second-order valence-corrected chi connectivity index (χ2v) is 5.66. The second kappa shape index (κ2) is 6.92. The van der Waals surface area contributed by atoms with Crippen molar-refractivity contribution >= 4 is 12.0 Å². The minimum atomic E-state index is -0.756. The minimum absolute atomic E-state index is 0.0876. The third kappa shape index (κ3) is 3.85. The summed E-state index contributed by atoms with van der Waals surface area (Å²) in [4.78, 5) is 26.7. The molecular weight excluding hydrogens is 260 g/mol. The third-order valence-electron chi connectivity index (χ3n) is 4.19. The van der Waals surface area contributed by atoms with Crippen LogP contribution in [0, 0.1) is 5.92 Å². The van der Waals surface area contributed by atoms with Crippen LogP contribution in [0.2, 0.25) is 0 Å². The third-order valence-corrected chi connectivity index (χ3v) is 4.19. The molecule has 6 heteroatoms. The number of ether oxygens (including phenoxy) is 1. The molecular formula is C14H24N2O4. The molecule has 0 aliphatic carbocycles. The van der Waals surface area contributed by atoms with Crippen LogP contribution in [0.15, 0.2) is 0 Å². The molecule has 2 fully saturated rings. The Hall–Kier alpha value is -1.30. The fourth-order valence-corrected chi connectivity index (χ4v) is 2.91. The molecule has 0 aromatic heterocycles. The van der Waals surface area contributed by atoms with E-state index in [0.29, 0.717) is 38.6 Å². The average Bonchev–Trinajstić information content (AvgIpc) is 2.93. The molecule has 0 radical (unpaired) electrons. The summed E-state index contributed by atoms with van der Waals surface area (Å²) in [5, 5.41) is 8.71. The van der Waals surface area contributed by atoms with E-state index in [0.717, 1.165) is 19.4 Å². The van der Waals surface area contributed by atoms with Crippen molar-refractivity contribution in [3.8, 4) is 0 Å². The van der Waals surface area contributed by atoms with Crippen molar-refractivity contribution in [1.29, 1.82) is 0 Å². The maximum absolute atomic E-state index is 12.4. The lowest BCUT2D eigenvalue weighted by Gasteiger charge is -2.35. The van der Waals surface area contributed by atoms with Crippen LogP contribution in [0.25, 0.3) is 0 Å². The molecule has 2 rings (SSSR count). The van der Waals surface area contributed by atoms with Gasteiger partial charge in [-0.3, -0.25) is 4.79 Å².